The molecule has 5 rings (SSSR count). The lowest BCUT2D eigenvalue weighted by Gasteiger charge is -2.42. The van der Waals surface area contributed by atoms with Crippen molar-refractivity contribution in [2.75, 3.05) is 18.6 Å². The molecule has 4 N–H and O–H groups in total. The van der Waals surface area contributed by atoms with Crippen LogP contribution in [0.3, 0.4) is 0 Å². The van der Waals surface area contributed by atoms with Gasteiger partial charge >= 0.3 is 12.1 Å². The Kier molecular flexibility index (Phi) is 12.5. The van der Waals surface area contributed by atoms with E-state index in [0.717, 1.165) is 16.7 Å². The molecule has 2 saturated heterocycles. The molecule has 4 bridgehead atoms. The van der Waals surface area contributed by atoms with Crippen LogP contribution in [0.15, 0.2) is 60.2 Å². The number of allylic oxidation sites excluding steroid dienone is 3. The molecule has 3 heterocycles. The number of hydrogen-bond acceptors (Lipinski definition) is 10. The third kappa shape index (κ3) is 9.18. The molecular weight excluding hydrogens is 704 g/mol. The van der Waals surface area contributed by atoms with Gasteiger partial charge in [0.05, 0.1) is 36.4 Å². The number of ketones is 1. The lowest BCUT2D eigenvalue weighted by Crippen LogP contribution is -2.62. The Morgan fingerprint density at radius 3 is 2.53 bits per heavy atom. The molecule has 286 valence electrons. The largest absolute Gasteiger partial charge is 0.459 e. The van der Waals surface area contributed by atoms with Gasteiger partial charge in [-0.3, -0.25) is 19.7 Å². The van der Waals surface area contributed by atoms with Gasteiger partial charge in [0.25, 0.3) is 0 Å². The second-order valence-corrected chi connectivity index (χ2v) is 15.0. The Morgan fingerprint density at radius 2 is 1.87 bits per heavy atom. The predicted octanol–water partition coefficient (Wildman–Crippen LogP) is 4.97. The van der Waals surface area contributed by atoms with E-state index in [4.69, 9.17) is 25.8 Å². The van der Waals surface area contributed by atoms with E-state index in [1.54, 1.807) is 57.3 Å². The smallest absolute Gasteiger partial charge is 0.409 e. The predicted molar refractivity (Wildman–Crippen MR) is 197 cm³/mol. The van der Waals surface area contributed by atoms with E-state index >= 15 is 0 Å². The number of aliphatic hydroxyl groups is 3. The van der Waals surface area contributed by atoms with Crippen LogP contribution >= 0.6 is 11.6 Å². The normalized spacial score (nSPS) is 30.6. The number of carbonyl (C=O) groups is 4. The first-order chi connectivity index (χ1) is 25.1. The standard InChI is InChI=1S/C40H49ClN2O10/c1-23-8-6-10-30(22-45)40(50)20-32(51-38(49)42-40)24(2)37-39(4,53-37)33(52-35(48)11-7-9-26-12-14-28(15-13-26)25(3)46)19-34(47)43(5)31-18-27(16-23)17-29(21-44)36(31)41/h6,8,10,12-15,17-18,24,30,32-33,37,44-45,50H,7,9,11,16,19-22H2,1-5H3,(H,42,49)/b10-6+,23-8+/t24-,30+,32+,33+,37+,39+,40+/m1/s1. The lowest BCUT2D eigenvalue weighted by atomic mass is 9.81. The first kappa shape index (κ1) is 40.1. The summed E-state index contributed by atoms with van der Waals surface area (Å²) in [6, 6.07) is 10.7. The van der Waals surface area contributed by atoms with Crippen molar-refractivity contribution in [2.45, 2.75) is 102 Å². The third-order valence-electron chi connectivity index (χ3n) is 10.6. The summed E-state index contributed by atoms with van der Waals surface area (Å²) in [6.45, 7) is 6.10. The van der Waals surface area contributed by atoms with E-state index in [0.29, 0.717) is 36.1 Å². The van der Waals surface area contributed by atoms with Gasteiger partial charge in [-0.1, -0.05) is 72.7 Å². The summed E-state index contributed by atoms with van der Waals surface area (Å²) in [5.41, 5.74) is 1.04. The molecule has 12 nitrogen and oxygen atoms in total. The highest BCUT2D eigenvalue weighted by atomic mass is 35.5. The summed E-state index contributed by atoms with van der Waals surface area (Å²) in [5, 5.41) is 34.8. The van der Waals surface area contributed by atoms with E-state index in [2.05, 4.69) is 5.32 Å². The van der Waals surface area contributed by atoms with Crippen LogP contribution in [0, 0.1) is 11.8 Å². The van der Waals surface area contributed by atoms with Crippen molar-refractivity contribution in [3.63, 3.8) is 0 Å². The Morgan fingerprint density at radius 1 is 1.15 bits per heavy atom. The molecule has 13 heteroatoms. The number of aryl methyl sites for hydroxylation is 1. The van der Waals surface area contributed by atoms with Crippen LogP contribution in [0.5, 0.6) is 0 Å². The third-order valence-corrected chi connectivity index (χ3v) is 11.1. The highest BCUT2D eigenvalue weighted by molar-refractivity contribution is 6.34. The maximum Gasteiger partial charge on any atom is 0.409 e. The number of fused-ring (bicyclic) bond motifs is 5. The first-order valence-corrected chi connectivity index (χ1v) is 18.3. The van der Waals surface area contributed by atoms with E-state index in [1.807, 2.05) is 25.1 Å². The van der Waals surface area contributed by atoms with Crippen LogP contribution in [-0.4, -0.2) is 82.4 Å². The minimum atomic E-state index is -1.84. The number of aliphatic hydroxyl groups excluding tert-OH is 2. The molecule has 0 spiro atoms. The number of esters is 1. The van der Waals surface area contributed by atoms with Gasteiger partial charge in [-0.15, -0.1) is 0 Å². The zero-order valence-electron chi connectivity index (χ0n) is 30.8. The fourth-order valence-corrected chi connectivity index (χ4v) is 7.55. The van der Waals surface area contributed by atoms with Gasteiger partial charge < -0.3 is 34.4 Å². The minimum Gasteiger partial charge on any atom is -0.459 e. The number of amides is 2. The number of halogens is 1. The van der Waals surface area contributed by atoms with Crippen molar-refractivity contribution in [3.05, 3.63) is 87.5 Å². The second kappa shape index (κ2) is 16.5. The van der Waals surface area contributed by atoms with Crippen LogP contribution < -0.4 is 10.2 Å². The molecule has 0 unspecified atom stereocenters. The molecule has 0 radical (unpaired) electrons. The molecule has 0 saturated carbocycles. The molecule has 3 aliphatic rings. The summed E-state index contributed by atoms with van der Waals surface area (Å²) in [4.78, 5) is 53.2. The molecule has 0 aliphatic carbocycles. The number of alkyl carbamates (subject to hydrolysis) is 1. The molecule has 2 aromatic carbocycles. The van der Waals surface area contributed by atoms with Crippen LogP contribution in [-0.2, 0) is 43.2 Å². The fourth-order valence-electron chi connectivity index (χ4n) is 7.25. The summed E-state index contributed by atoms with van der Waals surface area (Å²) >= 11 is 6.71. The Hall–Kier alpha value is -4.07. The van der Waals surface area contributed by atoms with Gasteiger partial charge in [0, 0.05) is 37.3 Å². The fraction of sp³-hybridized carbons (Fsp3) is 0.500. The molecule has 2 fully saturated rings. The molecule has 53 heavy (non-hydrogen) atoms. The maximum absolute atomic E-state index is 14.0. The van der Waals surface area contributed by atoms with E-state index in [9.17, 15) is 34.5 Å². The number of rotatable bonds is 8. The van der Waals surface area contributed by atoms with Crippen molar-refractivity contribution < 1.29 is 48.7 Å². The van der Waals surface area contributed by atoms with Gasteiger partial charge in [-0.2, -0.15) is 0 Å². The summed E-state index contributed by atoms with van der Waals surface area (Å²) in [5.74, 6) is -2.37. The van der Waals surface area contributed by atoms with Crippen molar-refractivity contribution in [3.8, 4) is 0 Å². The second-order valence-electron chi connectivity index (χ2n) is 14.6. The SMILES string of the molecule is CC(=O)c1ccc(CCCC(=O)O[C@H]2CC(=O)N(C)c3cc(cc(CO)c3Cl)C/C(C)=C/C=C/[C@@H](CO)[C@@]3(O)C[C@H](OC(=O)N3)[C@@H](C)[C@@H]3O[C@@]23C)cc1. The summed E-state index contributed by atoms with van der Waals surface area (Å²) < 4.78 is 17.9. The van der Waals surface area contributed by atoms with Crippen LogP contribution in [0.4, 0.5) is 10.5 Å². The number of Topliss-reactive ketones (excluding diaryl/α,β-unsaturated/α-hetero) is 1. The van der Waals surface area contributed by atoms with Crippen molar-refractivity contribution in [2.24, 2.45) is 11.8 Å². The molecule has 0 aromatic heterocycles. The Labute approximate surface area is 314 Å². The Bertz CT molecular complexity index is 1780. The van der Waals surface area contributed by atoms with Gasteiger partial charge in [-0.05, 0) is 62.8 Å². The van der Waals surface area contributed by atoms with Gasteiger partial charge in [0.15, 0.2) is 11.5 Å². The van der Waals surface area contributed by atoms with E-state index in [1.165, 1.54) is 11.8 Å². The maximum atomic E-state index is 14.0. The highest BCUT2D eigenvalue weighted by Crippen LogP contribution is 2.49. The van der Waals surface area contributed by atoms with Crippen LogP contribution in [0.1, 0.15) is 80.4 Å². The quantitative estimate of drug-likeness (QED) is 0.164. The molecule has 7 atom stereocenters. The van der Waals surface area contributed by atoms with Gasteiger partial charge in [0.1, 0.15) is 17.8 Å². The number of hydrogen-bond donors (Lipinski definition) is 4. The minimum absolute atomic E-state index is 0.0315. The topological polar surface area (TPSA) is 175 Å². The molecular formula is C40H49ClN2O10. The van der Waals surface area contributed by atoms with Crippen molar-refractivity contribution in [1.82, 2.24) is 5.32 Å². The average Bonchev–Trinajstić information content (AvgIpc) is 3.81. The Balaban J connectivity index is 1.45. The number of ether oxygens (including phenoxy) is 3. The molecule has 2 aromatic rings. The number of nitrogens with zero attached hydrogens (tertiary/aromatic N) is 1. The number of anilines is 1. The zero-order valence-corrected chi connectivity index (χ0v) is 31.5. The summed E-state index contributed by atoms with van der Waals surface area (Å²) in [6.07, 6.45) is 2.93. The molecule has 2 amide bonds. The highest BCUT2D eigenvalue weighted by Gasteiger charge is 2.64. The van der Waals surface area contributed by atoms with Crippen molar-refractivity contribution >= 4 is 41.0 Å². The monoisotopic (exact) mass is 752 g/mol. The van der Waals surface area contributed by atoms with Crippen LogP contribution in [0.25, 0.3) is 0 Å². The number of carbonyl (C=O) groups excluding carboxylic acids is 4. The number of nitrogens with one attached hydrogen (secondary N) is 1. The number of benzene rings is 2. The van der Waals surface area contributed by atoms with Gasteiger partial charge in [0.2, 0.25) is 5.91 Å². The van der Waals surface area contributed by atoms with E-state index in [-0.39, 0.29) is 36.7 Å². The van der Waals surface area contributed by atoms with Crippen LogP contribution in [0.2, 0.25) is 5.02 Å². The number of epoxide rings is 1. The lowest BCUT2D eigenvalue weighted by molar-refractivity contribution is -0.153. The summed E-state index contributed by atoms with van der Waals surface area (Å²) in [7, 11) is 1.57. The zero-order chi connectivity index (χ0) is 38.7. The van der Waals surface area contributed by atoms with E-state index < -0.39 is 66.1 Å². The first-order valence-electron chi connectivity index (χ1n) is 17.9. The average molecular weight is 753 g/mol. The molecule has 3 aliphatic heterocycles. The van der Waals surface area contributed by atoms with Crippen molar-refractivity contribution in [1.29, 1.82) is 0 Å². The van der Waals surface area contributed by atoms with Gasteiger partial charge in [-0.25, -0.2) is 4.79 Å².